The van der Waals surface area contributed by atoms with Gasteiger partial charge in [-0.25, -0.2) is 0 Å². The smallest absolute Gasteiger partial charge is 0.149 e. The molecule has 1 unspecified atom stereocenters. The number of nitrogens with zero attached hydrogens (tertiary/aromatic N) is 1. The second-order valence-electron chi connectivity index (χ2n) is 9.86. The molecule has 0 heterocycles. The predicted octanol–water partition coefficient (Wildman–Crippen LogP) is 9.50. The van der Waals surface area contributed by atoms with E-state index in [4.69, 9.17) is 0 Å². The Morgan fingerprint density at radius 2 is 0.968 bits per heavy atom. The van der Waals surface area contributed by atoms with E-state index in [1.165, 1.54) is 103 Å². The molecule has 1 atom stereocenters. The molecule has 0 saturated heterocycles. The largest absolute Gasteiger partial charge is 0.298 e. The van der Waals surface area contributed by atoms with Crippen LogP contribution >= 0.6 is 0 Å². The van der Waals surface area contributed by atoms with Crippen molar-refractivity contribution in [1.29, 1.82) is 0 Å². The van der Waals surface area contributed by atoms with Crippen molar-refractivity contribution in [1.82, 2.24) is 4.90 Å². The molecule has 2 nitrogen and oxygen atoms in total. The molecule has 0 amide bonds. The van der Waals surface area contributed by atoms with Gasteiger partial charge in [0.1, 0.15) is 5.78 Å². The first kappa shape index (κ1) is 30.6. The van der Waals surface area contributed by atoms with Crippen molar-refractivity contribution in [3.05, 3.63) is 0 Å². The molecule has 31 heavy (non-hydrogen) atoms. The first-order valence-corrected chi connectivity index (χ1v) is 14.5. The minimum atomic E-state index is 0.183. The Labute approximate surface area is 197 Å². The van der Waals surface area contributed by atoms with Crippen LogP contribution in [0.25, 0.3) is 0 Å². The van der Waals surface area contributed by atoms with Gasteiger partial charge in [-0.3, -0.25) is 9.69 Å². The van der Waals surface area contributed by atoms with Crippen LogP contribution in [0.5, 0.6) is 0 Å². The van der Waals surface area contributed by atoms with Gasteiger partial charge in [-0.2, -0.15) is 0 Å². The molecule has 0 spiro atoms. The normalized spacial score (nSPS) is 12.5. The number of carbonyl (C=O) groups is 1. The molecule has 0 aliphatic heterocycles. The Kier molecular flexibility index (Phi) is 24.0. The van der Waals surface area contributed by atoms with Crippen molar-refractivity contribution in [2.75, 3.05) is 13.1 Å². The van der Waals surface area contributed by atoms with E-state index in [1.807, 2.05) is 0 Å². The molecule has 2 heteroatoms. The fraction of sp³-hybridized carbons (Fsp3) is 0.966. The fourth-order valence-electron chi connectivity index (χ4n) is 4.73. The van der Waals surface area contributed by atoms with Crippen LogP contribution in [0.1, 0.15) is 163 Å². The zero-order valence-electron chi connectivity index (χ0n) is 22.2. The quantitative estimate of drug-likeness (QED) is 0.132. The summed E-state index contributed by atoms with van der Waals surface area (Å²) in [5.41, 5.74) is 0. The van der Waals surface area contributed by atoms with Gasteiger partial charge >= 0.3 is 0 Å². The third-order valence-corrected chi connectivity index (χ3v) is 6.71. The lowest BCUT2D eigenvalue weighted by Gasteiger charge is -2.30. The lowest BCUT2D eigenvalue weighted by atomic mass is 9.98. The van der Waals surface area contributed by atoms with Gasteiger partial charge < -0.3 is 0 Å². The standard InChI is InChI=1S/C29H59NO/c1-5-9-11-12-13-14-15-16-17-18-19-20-21-22-23-25-29(31)28(24-7-3)30(26-8-4)27-10-6-2/h28H,5-27H2,1-4H3. The predicted molar refractivity (Wildman–Crippen MR) is 140 cm³/mol. The Balaban J connectivity index is 3.73. The molecular formula is C29H59NO. The van der Waals surface area contributed by atoms with E-state index < -0.39 is 0 Å². The molecule has 0 aromatic carbocycles. The number of carbonyl (C=O) groups excluding carboxylic acids is 1. The second kappa shape index (κ2) is 24.3. The molecule has 0 radical (unpaired) electrons. The van der Waals surface area contributed by atoms with Crippen LogP contribution in [-0.4, -0.2) is 29.8 Å². The first-order valence-electron chi connectivity index (χ1n) is 14.5. The molecule has 0 aromatic heterocycles. The van der Waals surface area contributed by atoms with E-state index in [0.29, 0.717) is 5.78 Å². The Hall–Kier alpha value is -0.370. The number of ketones is 1. The molecular weight excluding hydrogens is 378 g/mol. The molecule has 0 saturated carbocycles. The third-order valence-electron chi connectivity index (χ3n) is 6.71. The monoisotopic (exact) mass is 437 g/mol. The second-order valence-corrected chi connectivity index (χ2v) is 9.86. The van der Waals surface area contributed by atoms with E-state index >= 15 is 0 Å². The van der Waals surface area contributed by atoms with Crippen LogP contribution in [0, 0.1) is 0 Å². The summed E-state index contributed by atoms with van der Waals surface area (Å²) in [7, 11) is 0. The van der Waals surface area contributed by atoms with Gasteiger partial charge in [0.05, 0.1) is 6.04 Å². The van der Waals surface area contributed by atoms with Gasteiger partial charge in [0.25, 0.3) is 0 Å². The van der Waals surface area contributed by atoms with Crippen molar-refractivity contribution in [3.8, 4) is 0 Å². The maximum atomic E-state index is 12.9. The van der Waals surface area contributed by atoms with Crippen LogP contribution in [0.15, 0.2) is 0 Å². The van der Waals surface area contributed by atoms with Crippen LogP contribution in [0.4, 0.5) is 0 Å². The molecule has 0 fully saturated rings. The molecule has 0 aromatic rings. The summed E-state index contributed by atoms with van der Waals surface area (Å²) in [6, 6.07) is 0.183. The molecule has 0 N–H and O–H groups in total. The first-order chi connectivity index (χ1) is 15.2. The van der Waals surface area contributed by atoms with Gasteiger partial charge in [-0.05, 0) is 38.8 Å². The summed E-state index contributed by atoms with van der Waals surface area (Å²) >= 11 is 0. The topological polar surface area (TPSA) is 20.3 Å². The van der Waals surface area contributed by atoms with E-state index in [1.54, 1.807) is 0 Å². The average Bonchev–Trinajstić information content (AvgIpc) is 2.77. The molecule has 0 bridgehead atoms. The Morgan fingerprint density at radius 1 is 0.516 bits per heavy atom. The number of unbranched alkanes of at least 4 members (excludes halogenated alkanes) is 15. The van der Waals surface area contributed by atoms with Crippen molar-refractivity contribution in [3.63, 3.8) is 0 Å². The summed E-state index contributed by atoms with van der Waals surface area (Å²) in [6.07, 6.45) is 27.2. The summed E-state index contributed by atoms with van der Waals surface area (Å²) in [6.45, 7) is 11.2. The molecule has 0 aliphatic carbocycles. The maximum Gasteiger partial charge on any atom is 0.149 e. The van der Waals surface area contributed by atoms with Crippen LogP contribution in [0.2, 0.25) is 0 Å². The maximum absolute atomic E-state index is 12.9. The van der Waals surface area contributed by atoms with Crippen LogP contribution in [-0.2, 0) is 4.79 Å². The van der Waals surface area contributed by atoms with Crippen LogP contribution < -0.4 is 0 Å². The van der Waals surface area contributed by atoms with Gasteiger partial charge in [0, 0.05) is 6.42 Å². The zero-order valence-corrected chi connectivity index (χ0v) is 22.2. The number of hydrogen-bond acceptors (Lipinski definition) is 2. The fourth-order valence-corrected chi connectivity index (χ4v) is 4.73. The third kappa shape index (κ3) is 18.9. The highest BCUT2D eigenvalue weighted by atomic mass is 16.1. The van der Waals surface area contributed by atoms with E-state index in [-0.39, 0.29) is 6.04 Å². The number of hydrogen-bond donors (Lipinski definition) is 0. The molecule has 186 valence electrons. The van der Waals surface area contributed by atoms with E-state index in [2.05, 4.69) is 32.6 Å². The summed E-state index contributed by atoms with van der Waals surface area (Å²) in [5, 5.41) is 0. The van der Waals surface area contributed by atoms with Gasteiger partial charge in [-0.15, -0.1) is 0 Å². The zero-order chi connectivity index (χ0) is 23.0. The van der Waals surface area contributed by atoms with Crippen molar-refractivity contribution in [2.45, 2.75) is 169 Å². The highest BCUT2D eigenvalue weighted by molar-refractivity contribution is 5.83. The van der Waals surface area contributed by atoms with E-state index in [9.17, 15) is 4.79 Å². The number of rotatable bonds is 25. The number of Topliss-reactive ketones (excluding diaryl/α,β-unsaturated/α-hetero) is 1. The summed E-state index contributed by atoms with van der Waals surface area (Å²) < 4.78 is 0. The highest BCUT2D eigenvalue weighted by Gasteiger charge is 2.23. The molecule has 0 aliphatic rings. The summed E-state index contributed by atoms with van der Waals surface area (Å²) in [4.78, 5) is 15.4. The van der Waals surface area contributed by atoms with E-state index in [0.717, 1.165) is 45.2 Å². The van der Waals surface area contributed by atoms with Gasteiger partial charge in [0.2, 0.25) is 0 Å². The van der Waals surface area contributed by atoms with Crippen molar-refractivity contribution < 1.29 is 4.79 Å². The van der Waals surface area contributed by atoms with Crippen LogP contribution in [0.3, 0.4) is 0 Å². The minimum absolute atomic E-state index is 0.183. The highest BCUT2D eigenvalue weighted by Crippen LogP contribution is 2.17. The molecule has 0 rings (SSSR count). The average molecular weight is 438 g/mol. The van der Waals surface area contributed by atoms with Gasteiger partial charge in [-0.1, -0.05) is 130 Å². The lowest BCUT2D eigenvalue weighted by Crippen LogP contribution is -2.42. The Bertz CT molecular complexity index is 368. The van der Waals surface area contributed by atoms with Crippen molar-refractivity contribution in [2.24, 2.45) is 0 Å². The minimum Gasteiger partial charge on any atom is -0.298 e. The van der Waals surface area contributed by atoms with Crippen molar-refractivity contribution >= 4 is 5.78 Å². The SMILES string of the molecule is CCCCCCCCCCCCCCCCCC(=O)C(CCC)N(CCC)CCCC. The summed E-state index contributed by atoms with van der Waals surface area (Å²) in [5.74, 6) is 0.515. The lowest BCUT2D eigenvalue weighted by molar-refractivity contribution is -0.124. The Morgan fingerprint density at radius 3 is 1.39 bits per heavy atom. The van der Waals surface area contributed by atoms with Gasteiger partial charge in [0.15, 0.2) is 0 Å².